The van der Waals surface area contributed by atoms with Crippen LogP contribution in [0.2, 0.25) is 0 Å². The Morgan fingerprint density at radius 3 is 2.56 bits per heavy atom. The Morgan fingerprint density at radius 1 is 1.50 bits per heavy atom. The number of aromatic amines is 1. The predicted octanol–water partition coefficient (Wildman–Crippen LogP) is 1.02. The Morgan fingerprint density at radius 2 is 2.11 bits per heavy atom. The van der Waals surface area contributed by atoms with Crippen molar-refractivity contribution in [3.05, 3.63) is 22.2 Å². The van der Waals surface area contributed by atoms with E-state index in [1.807, 2.05) is 27.7 Å². The van der Waals surface area contributed by atoms with Gasteiger partial charge in [-0.05, 0) is 20.8 Å². The lowest BCUT2D eigenvalue weighted by atomic mass is 10.1. The minimum atomic E-state index is -0.954. The first-order valence-electron chi connectivity index (χ1n) is 5.83. The van der Waals surface area contributed by atoms with Crippen molar-refractivity contribution in [3.8, 4) is 0 Å². The minimum Gasteiger partial charge on any atom is -0.480 e. The molecule has 0 aliphatic heterocycles. The lowest BCUT2D eigenvalue weighted by Gasteiger charge is -2.35. The lowest BCUT2D eigenvalue weighted by Crippen LogP contribution is -2.45. The number of aromatic nitrogens is 2. The molecule has 0 saturated heterocycles. The van der Waals surface area contributed by atoms with Crippen LogP contribution in [-0.2, 0) is 11.2 Å². The first-order valence-corrected chi connectivity index (χ1v) is 5.83. The number of nitrogens with one attached hydrogen (secondary N) is 1. The summed E-state index contributed by atoms with van der Waals surface area (Å²) in [5.41, 5.74) is -0.694. The largest absolute Gasteiger partial charge is 0.480 e. The number of anilines is 1. The summed E-state index contributed by atoms with van der Waals surface area (Å²) in [6.45, 7) is 7.32. The molecule has 0 saturated carbocycles. The number of hydrogen-bond donors (Lipinski definition) is 2. The first-order chi connectivity index (χ1) is 8.24. The molecule has 0 spiro atoms. The van der Waals surface area contributed by atoms with Gasteiger partial charge in [0.25, 0.3) is 5.56 Å². The molecule has 0 amide bonds. The maximum atomic E-state index is 11.5. The molecule has 1 aromatic heterocycles. The van der Waals surface area contributed by atoms with Crippen molar-refractivity contribution in [2.45, 2.75) is 39.7 Å². The molecule has 2 N–H and O–H groups in total. The van der Waals surface area contributed by atoms with E-state index in [0.717, 1.165) is 0 Å². The smallest absolute Gasteiger partial charge is 0.323 e. The van der Waals surface area contributed by atoms with Gasteiger partial charge in [0.1, 0.15) is 18.2 Å². The number of aryl methyl sites for hydroxylation is 1. The molecule has 0 aliphatic rings. The number of nitrogens with zero attached hydrogens (tertiary/aromatic N) is 2. The average Bonchev–Trinajstić information content (AvgIpc) is 2.23. The van der Waals surface area contributed by atoms with E-state index in [1.54, 1.807) is 4.90 Å². The van der Waals surface area contributed by atoms with E-state index in [2.05, 4.69) is 9.97 Å². The van der Waals surface area contributed by atoms with E-state index in [0.29, 0.717) is 18.1 Å². The molecule has 100 valence electrons. The Labute approximate surface area is 106 Å². The van der Waals surface area contributed by atoms with E-state index in [1.165, 1.54) is 6.07 Å². The summed E-state index contributed by atoms with van der Waals surface area (Å²) in [4.78, 5) is 30.9. The fourth-order valence-corrected chi connectivity index (χ4v) is 1.60. The molecule has 18 heavy (non-hydrogen) atoms. The zero-order chi connectivity index (χ0) is 13.9. The first kappa shape index (κ1) is 14.2. The number of hydrogen-bond acceptors (Lipinski definition) is 4. The summed E-state index contributed by atoms with van der Waals surface area (Å²) < 4.78 is 0. The number of rotatable bonds is 4. The van der Waals surface area contributed by atoms with Crippen molar-refractivity contribution in [1.29, 1.82) is 0 Å². The van der Waals surface area contributed by atoms with Crippen LogP contribution in [0.25, 0.3) is 0 Å². The molecular weight excluding hydrogens is 234 g/mol. The summed E-state index contributed by atoms with van der Waals surface area (Å²) in [5, 5.41) is 8.95. The van der Waals surface area contributed by atoms with Crippen LogP contribution >= 0.6 is 0 Å². The molecule has 6 nitrogen and oxygen atoms in total. The maximum Gasteiger partial charge on any atom is 0.323 e. The molecule has 0 aromatic carbocycles. The van der Waals surface area contributed by atoms with Gasteiger partial charge in [-0.1, -0.05) is 6.92 Å². The molecule has 0 bridgehead atoms. The normalized spacial score (nSPS) is 11.3. The van der Waals surface area contributed by atoms with E-state index in [9.17, 15) is 9.59 Å². The molecular formula is C12H19N3O3. The van der Waals surface area contributed by atoms with Gasteiger partial charge in [-0.3, -0.25) is 9.59 Å². The van der Waals surface area contributed by atoms with Crippen LogP contribution in [-0.4, -0.2) is 33.1 Å². The van der Waals surface area contributed by atoms with Gasteiger partial charge in [-0.2, -0.15) is 0 Å². The highest BCUT2D eigenvalue weighted by molar-refractivity contribution is 5.73. The van der Waals surface area contributed by atoms with Crippen LogP contribution in [0.3, 0.4) is 0 Å². The van der Waals surface area contributed by atoms with E-state index < -0.39 is 11.5 Å². The van der Waals surface area contributed by atoms with Crippen molar-refractivity contribution in [1.82, 2.24) is 9.97 Å². The Kier molecular flexibility index (Phi) is 4.11. The monoisotopic (exact) mass is 253 g/mol. The fraction of sp³-hybridized carbons (Fsp3) is 0.583. The third-order valence-electron chi connectivity index (χ3n) is 2.49. The standard InChI is InChI=1S/C12H19N3O3/c1-5-8-13-9(6-10(16)14-8)15(7-11(17)18)12(2,3)4/h6H,5,7H2,1-4H3,(H,17,18)(H,13,14,16). The van der Waals surface area contributed by atoms with Gasteiger partial charge in [-0.15, -0.1) is 0 Å². The quantitative estimate of drug-likeness (QED) is 0.836. The second-order valence-electron chi connectivity index (χ2n) is 5.05. The highest BCUT2D eigenvalue weighted by atomic mass is 16.4. The summed E-state index contributed by atoms with van der Waals surface area (Å²) >= 11 is 0. The third-order valence-corrected chi connectivity index (χ3v) is 2.49. The molecule has 0 fully saturated rings. The van der Waals surface area contributed by atoms with Gasteiger partial charge in [-0.25, -0.2) is 4.98 Å². The van der Waals surface area contributed by atoms with Gasteiger partial charge >= 0.3 is 5.97 Å². The summed E-state index contributed by atoms with van der Waals surface area (Å²) in [7, 11) is 0. The molecule has 6 heteroatoms. The second kappa shape index (κ2) is 5.20. The van der Waals surface area contributed by atoms with Gasteiger partial charge in [0.15, 0.2) is 0 Å². The van der Waals surface area contributed by atoms with Crippen LogP contribution in [0.15, 0.2) is 10.9 Å². The van der Waals surface area contributed by atoms with E-state index >= 15 is 0 Å². The molecule has 0 aliphatic carbocycles. The molecule has 1 aromatic rings. The molecule has 0 atom stereocenters. The van der Waals surface area contributed by atoms with Gasteiger partial charge in [0.05, 0.1) is 0 Å². The number of aliphatic carboxylic acids is 1. The zero-order valence-corrected chi connectivity index (χ0v) is 11.1. The Hall–Kier alpha value is -1.85. The molecule has 1 rings (SSSR count). The number of carboxylic acid groups (broad SMARTS) is 1. The van der Waals surface area contributed by atoms with Crippen molar-refractivity contribution in [3.63, 3.8) is 0 Å². The molecule has 1 heterocycles. The third kappa shape index (κ3) is 3.58. The van der Waals surface area contributed by atoms with Crippen molar-refractivity contribution < 1.29 is 9.90 Å². The van der Waals surface area contributed by atoms with Gasteiger partial charge in [0, 0.05) is 18.0 Å². The van der Waals surface area contributed by atoms with Crippen molar-refractivity contribution >= 4 is 11.8 Å². The number of carbonyl (C=O) groups is 1. The number of H-pyrrole nitrogens is 1. The van der Waals surface area contributed by atoms with Crippen LogP contribution in [0.5, 0.6) is 0 Å². The SMILES string of the molecule is CCc1nc(N(CC(=O)O)C(C)(C)C)cc(=O)[nH]1. The van der Waals surface area contributed by atoms with Crippen LogP contribution in [0.4, 0.5) is 5.82 Å². The van der Waals surface area contributed by atoms with Crippen LogP contribution in [0.1, 0.15) is 33.5 Å². The van der Waals surface area contributed by atoms with Gasteiger partial charge < -0.3 is 15.0 Å². The Bertz CT molecular complexity index is 488. The highest BCUT2D eigenvalue weighted by Gasteiger charge is 2.25. The fourth-order valence-electron chi connectivity index (χ4n) is 1.60. The zero-order valence-electron chi connectivity index (χ0n) is 11.1. The Balaban J connectivity index is 3.24. The summed E-state index contributed by atoms with van der Waals surface area (Å²) in [6.07, 6.45) is 0.591. The second-order valence-corrected chi connectivity index (χ2v) is 5.05. The molecule has 0 unspecified atom stereocenters. The molecule has 0 radical (unpaired) electrons. The van der Waals surface area contributed by atoms with E-state index in [4.69, 9.17) is 5.11 Å². The van der Waals surface area contributed by atoms with Crippen LogP contribution in [0, 0.1) is 0 Å². The highest BCUT2D eigenvalue weighted by Crippen LogP contribution is 2.20. The lowest BCUT2D eigenvalue weighted by molar-refractivity contribution is -0.135. The average molecular weight is 253 g/mol. The van der Waals surface area contributed by atoms with Gasteiger partial charge in [0.2, 0.25) is 0 Å². The minimum absolute atomic E-state index is 0.191. The summed E-state index contributed by atoms with van der Waals surface area (Å²) in [6, 6.07) is 1.33. The topological polar surface area (TPSA) is 86.3 Å². The summed E-state index contributed by atoms with van der Waals surface area (Å²) in [5.74, 6) is -0.00676. The van der Waals surface area contributed by atoms with Crippen molar-refractivity contribution in [2.75, 3.05) is 11.4 Å². The van der Waals surface area contributed by atoms with Crippen LogP contribution < -0.4 is 10.5 Å². The van der Waals surface area contributed by atoms with E-state index in [-0.39, 0.29) is 12.1 Å². The maximum absolute atomic E-state index is 11.5. The number of carboxylic acids is 1. The van der Waals surface area contributed by atoms with Crippen molar-refractivity contribution in [2.24, 2.45) is 0 Å². The predicted molar refractivity (Wildman–Crippen MR) is 69.0 cm³/mol.